The Morgan fingerprint density at radius 3 is 2.00 bits per heavy atom. The van der Waals surface area contributed by atoms with E-state index in [9.17, 15) is 4.79 Å². The lowest BCUT2D eigenvalue weighted by Gasteiger charge is -2.33. The second-order valence-electron chi connectivity index (χ2n) is 5.61. The monoisotopic (exact) mass is 299 g/mol. The molecule has 2 atom stereocenters. The van der Waals surface area contributed by atoms with Crippen LogP contribution in [0.4, 0.5) is 0 Å². The maximum Gasteiger partial charge on any atom is 0.238 e. The van der Waals surface area contributed by atoms with Crippen LogP contribution in [0.2, 0.25) is 0 Å². The molecule has 0 aromatic rings. The summed E-state index contributed by atoms with van der Waals surface area (Å²) in [6.45, 7) is 4.24. The molecular formula is C17H33NO3. The summed E-state index contributed by atoms with van der Waals surface area (Å²) in [5, 5.41) is 0. The van der Waals surface area contributed by atoms with Crippen molar-refractivity contribution in [3.8, 4) is 0 Å². The van der Waals surface area contributed by atoms with Crippen LogP contribution in [-0.2, 0) is 14.3 Å². The lowest BCUT2D eigenvalue weighted by Crippen LogP contribution is -2.43. The lowest BCUT2D eigenvalue weighted by molar-refractivity contribution is -0.118. The number of unbranched alkanes of at least 4 members (excludes halogenated alkanes) is 7. The minimum Gasteiger partial charge on any atom is -0.376 e. The Morgan fingerprint density at radius 1 is 1.00 bits per heavy atom. The molecule has 0 N–H and O–H groups in total. The zero-order valence-electron chi connectivity index (χ0n) is 14.3. The Bertz CT molecular complexity index is 286. The molecule has 21 heavy (non-hydrogen) atoms. The molecule has 0 aromatic carbocycles. The van der Waals surface area contributed by atoms with Crippen LogP contribution in [-0.4, -0.2) is 32.1 Å². The van der Waals surface area contributed by atoms with Crippen molar-refractivity contribution in [1.29, 1.82) is 0 Å². The number of isocyanates is 1. The Hall–Kier alpha value is -0.700. The van der Waals surface area contributed by atoms with Crippen molar-refractivity contribution in [3.05, 3.63) is 0 Å². The van der Waals surface area contributed by atoms with Crippen LogP contribution in [0.15, 0.2) is 4.99 Å². The average Bonchev–Trinajstić information content (AvgIpc) is 2.50. The normalized spacial score (nSPS) is 15.2. The van der Waals surface area contributed by atoms with Crippen LogP contribution in [0.5, 0.6) is 0 Å². The van der Waals surface area contributed by atoms with Gasteiger partial charge in [0, 0.05) is 20.6 Å². The smallest absolute Gasteiger partial charge is 0.238 e. The summed E-state index contributed by atoms with van der Waals surface area (Å²) in [4.78, 5) is 14.6. The fraction of sp³-hybridized carbons (Fsp3) is 0.941. The highest BCUT2D eigenvalue weighted by molar-refractivity contribution is 5.34. The Labute approximate surface area is 130 Å². The van der Waals surface area contributed by atoms with Crippen LogP contribution in [0.25, 0.3) is 0 Å². The molecule has 4 heteroatoms. The van der Waals surface area contributed by atoms with Crippen LogP contribution < -0.4 is 0 Å². The van der Waals surface area contributed by atoms with Gasteiger partial charge in [-0.15, -0.1) is 0 Å². The van der Waals surface area contributed by atoms with Crippen molar-refractivity contribution >= 4 is 6.08 Å². The second kappa shape index (κ2) is 13.0. The number of methoxy groups -OCH3 is 2. The van der Waals surface area contributed by atoms with Gasteiger partial charge in [0.05, 0.1) is 0 Å². The first-order valence-corrected chi connectivity index (χ1v) is 8.37. The SMILES string of the molecule is CCCCCCCCCCC(N=C=O)(OC)C(CC)OC. The molecular weight excluding hydrogens is 266 g/mol. The first kappa shape index (κ1) is 20.3. The quantitative estimate of drug-likeness (QED) is 0.267. The van der Waals surface area contributed by atoms with Crippen molar-refractivity contribution in [2.24, 2.45) is 4.99 Å². The summed E-state index contributed by atoms with van der Waals surface area (Å²) in [6.07, 6.45) is 12.9. The van der Waals surface area contributed by atoms with E-state index < -0.39 is 5.72 Å². The summed E-state index contributed by atoms with van der Waals surface area (Å²) in [5.74, 6) is 0. The summed E-state index contributed by atoms with van der Waals surface area (Å²) in [5.41, 5.74) is -0.868. The molecule has 0 aliphatic carbocycles. The first-order chi connectivity index (χ1) is 10.2. The maximum atomic E-state index is 10.7. The van der Waals surface area contributed by atoms with Crippen molar-refractivity contribution in [3.63, 3.8) is 0 Å². The molecule has 0 spiro atoms. The summed E-state index contributed by atoms with van der Waals surface area (Å²) < 4.78 is 11.0. The lowest BCUT2D eigenvalue weighted by atomic mass is 9.96. The molecule has 2 unspecified atom stereocenters. The van der Waals surface area contributed by atoms with Gasteiger partial charge in [0.25, 0.3) is 0 Å². The minimum atomic E-state index is -0.868. The van der Waals surface area contributed by atoms with Gasteiger partial charge in [-0.1, -0.05) is 58.8 Å². The van der Waals surface area contributed by atoms with E-state index in [0.717, 1.165) is 19.3 Å². The minimum absolute atomic E-state index is 0.200. The largest absolute Gasteiger partial charge is 0.376 e. The van der Waals surface area contributed by atoms with Gasteiger partial charge in [0.15, 0.2) is 5.72 Å². The Morgan fingerprint density at radius 2 is 1.57 bits per heavy atom. The fourth-order valence-corrected chi connectivity index (χ4v) is 2.83. The molecule has 4 nitrogen and oxygen atoms in total. The summed E-state index contributed by atoms with van der Waals surface area (Å²) in [7, 11) is 3.23. The van der Waals surface area contributed by atoms with E-state index >= 15 is 0 Å². The van der Waals surface area contributed by atoms with E-state index in [2.05, 4.69) is 11.9 Å². The standard InChI is InChI=1S/C17H33NO3/c1-5-7-8-9-10-11-12-13-14-17(21-4,18-15-19)16(6-2)20-3/h16H,5-14H2,1-4H3. The van der Waals surface area contributed by atoms with E-state index in [0.29, 0.717) is 6.42 Å². The van der Waals surface area contributed by atoms with Gasteiger partial charge in [-0.2, -0.15) is 4.99 Å². The molecule has 0 fully saturated rings. The number of carbonyl (C=O) groups excluding carboxylic acids is 1. The van der Waals surface area contributed by atoms with Gasteiger partial charge in [-0.3, -0.25) is 0 Å². The van der Waals surface area contributed by atoms with E-state index in [1.165, 1.54) is 38.5 Å². The number of nitrogens with zero attached hydrogens (tertiary/aromatic N) is 1. The zero-order chi connectivity index (χ0) is 16.0. The Balaban J connectivity index is 4.16. The molecule has 0 bridgehead atoms. The summed E-state index contributed by atoms with van der Waals surface area (Å²) in [6, 6.07) is 0. The number of ether oxygens (including phenoxy) is 2. The molecule has 0 aliphatic heterocycles. The molecule has 0 aliphatic rings. The Kier molecular flexibility index (Phi) is 12.6. The number of hydrogen-bond donors (Lipinski definition) is 0. The number of aliphatic imine (C=N–C) groups is 1. The third-order valence-electron chi connectivity index (χ3n) is 4.14. The van der Waals surface area contributed by atoms with Gasteiger partial charge in [0.1, 0.15) is 6.10 Å². The fourth-order valence-electron chi connectivity index (χ4n) is 2.83. The molecule has 0 saturated carbocycles. The molecule has 0 saturated heterocycles. The first-order valence-electron chi connectivity index (χ1n) is 8.37. The van der Waals surface area contributed by atoms with Crippen molar-refractivity contribution in [2.45, 2.75) is 89.9 Å². The molecule has 124 valence electrons. The number of rotatable bonds is 14. The third kappa shape index (κ3) is 7.75. The highest BCUT2D eigenvalue weighted by Crippen LogP contribution is 2.28. The van der Waals surface area contributed by atoms with E-state index in [1.807, 2.05) is 6.92 Å². The van der Waals surface area contributed by atoms with Crippen molar-refractivity contribution in [2.75, 3.05) is 14.2 Å². The highest BCUT2D eigenvalue weighted by Gasteiger charge is 2.38. The van der Waals surface area contributed by atoms with Crippen molar-refractivity contribution < 1.29 is 14.3 Å². The zero-order valence-corrected chi connectivity index (χ0v) is 14.3. The van der Waals surface area contributed by atoms with Gasteiger partial charge in [-0.25, -0.2) is 4.79 Å². The van der Waals surface area contributed by atoms with Crippen molar-refractivity contribution in [1.82, 2.24) is 0 Å². The van der Waals surface area contributed by atoms with E-state index in [-0.39, 0.29) is 6.10 Å². The summed E-state index contributed by atoms with van der Waals surface area (Å²) >= 11 is 0. The average molecular weight is 299 g/mol. The molecule has 0 rings (SSSR count). The van der Waals surface area contributed by atoms with Gasteiger partial charge in [-0.05, 0) is 12.8 Å². The van der Waals surface area contributed by atoms with Crippen LogP contribution in [0, 0.1) is 0 Å². The van der Waals surface area contributed by atoms with Gasteiger partial charge < -0.3 is 9.47 Å². The van der Waals surface area contributed by atoms with E-state index in [4.69, 9.17) is 9.47 Å². The van der Waals surface area contributed by atoms with E-state index in [1.54, 1.807) is 20.3 Å². The van der Waals surface area contributed by atoms with Crippen LogP contribution in [0.3, 0.4) is 0 Å². The van der Waals surface area contributed by atoms with Gasteiger partial charge in [0.2, 0.25) is 6.08 Å². The predicted molar refractivity (Wildman–Crippen MR) is 86.2 cm³/mol. The third-order valence-corrected chi connectivity index (χ3v) is 4.14. The molecule has 0 aromatic heterocycles. The van der Waals surface area contributed by atoms with Crippen LogP contribution >= 0.6 is 0 Å². The predicted octanol–water partition coefficient (Wildman–Crippen LogP) is 4.62. The second-order valence-corrected chi connectivity index (χ2v) is 5.61. The number of hydrogen-bond acceptors (Lipinski definition) is 4. The molecule has 0 heterocycles. The topological polar surface area (TPSA) is 47.9 Å². The highest BCUT2D eigenvalue weighted by atomic mass is 16.5. The van der Waals surface area contributed by atoms with Gasteiger partial charge >= 0.3 is 0 Å². The molecule has 0 radical (unpaired) electrons. The van der Waals surface area contributed by atoms with Crippen LogP contribution in [0.1, 0.15) is 78.1 Å². The maximum absolute atomic E-state index is 10.7. The molecule has 0 amide bonds.